The lowest BCUT2D eigenvalue weighted by Crippen LogP contribution is -2.19. The number of hydrogen-bond donors (Lipinski definition) is 2. The lowest BCUT2D eigenvalue weighted by Gasteiger charge is -2.06. The first-order valence-electron chi connectivity index (χ1n) is 5.37. The second kappa shape index (κ2) is 5.85. The molecule has 2 amide bonds. The summed E-state index contributed by atoms with van der Waals surface area (Å²) in [5, 5.41) is 14.4. The molecule has 1 heterocycles. The van der Waals surface area contributed by atoms with Crippen LogP contribution in [0.5, 0.6) is 0 Å². The average molecular weight is 273 g/mol. The maximum atomic E-state index is 11.7. The van der Waals surface area contributed by atoms with Crippen LogP contribution in [-0.4, -0.2) is 11.0 Å². The van der Waals surface area contributed by atoms with Crippen LogP contribution >= 0.6 is 11.6 Å². The van der Waals surface area contributed by atoms with E-state index in [2.05, 4.69) is 15.6 Å². The number of carbonyl (C=O) groups is 1. The Morgan fingerprint density at radius 2 is 1.89 bits per heavy atom. The molecule has 5 nitrogen and oxygen atoms in total. The van der Waals surface area contributed by atoms with Gasteiger partial charge in [0.15, 0.2) is 0 Å². The smallest absolute Gasteiger partial charge is 0.308 e. The van der Waals surface area contributed by atoms with Crippen molar-refractivity contribution in [2.24, 2.45) is 0 Å². The van der Waals surface area contributed by atoms with Crippen molar-refractivity contribution >= 4 is 29.1 Å². The predicted molar refractivity (Wildman–Crippen MR) is 73.0 cm³/mol. The monoisotopic (exact) mass is 272 g/mol. The van der Waals surface area contributed by atoms with Gasteiger partial charge in [0.1, 0.15) is 11.9 Å². The number of pyridine rings is 1. The van der Waals surface area contributed by atoms with Gasteiger partial charge in [-0.3, -0.25) is 5.32 Å². The summed E-state index contributed by atoms with van der Waals surface area (Å²) < 4.78 is 0. The molecule has 2 rings (SSSR count). The van der Waals surface area contributed by atoms with Gasteiger partial charge < -0.3 is 5.32 Å². The van der Waals surface area contributed by atoms with E-state index >= 15 is 0 Å². The summed E-state index contributed by atoms with van der Waals surface area (Å²) in [6.07, 6.45) is 1.39. The molecule has 0 bridgehead atoms. The fraction of sp³-hybridized carbons (Fsp3) is 0. The van der Waals surface area contributed by atoms with E-state index in [9.17, 15) is 4.79 Å². The van der Waals surface area contributed by atoms with E-state index < -0.39 is 6.03 Å². The summed E-state index contributed by atoms with van der Waals surface area (Å²) in [7, 11) is 0. The highest BCUT2D eigenvalue weighted by molar-refractivity contribution is 6.30. The number of anilines is 2. The number of nitrogens with zero attached hydrogens (tertiary/aromatic N) is 2. The second-order valence-corrected chi connectivity index (χ2v) is 4.07. The topological polar surface area (TPSA) is 77.8 Å². The molecule has 0 spiro atoms. The number of halogens is 1. The Hall–Kier alpha value is -2.58. The summed E-state index contributed by atoms with van der Waals surface area (Å²) in [4.78, 5) is 15.6. The minimum atomic E-state index is -0.417. The number of benzene rings is 1. The third-order valence-corrected chi connectivity index (χ3v) is 2.49. The molecule has 0 unspecified atom stereocenters. The Morgan fingerprint density at radius 3 is 2.47 bits per heavy atom. The fourth-order valence-electron chi connectivity index (χ4n) is 1.35. The molecule has 94 valence electrons. The van der Waals surface area contributed by atoms with Crippen molar-refractivity contribution in [2.45, 2.75) is 0 Å². The van der Waals surface area contributed by atoms with Crippen LogP contribution in [0.25, 0.3) is 0 Å². The Kier molecular flexibility index (Phi) is 3.96. The van der Waals surface area contributed by atoms with Crippen LogP contribution in [0.15, 0.2) is 42.6 Å². The highest BCUT2D eigenvalue weighted by atomic mass is 35.5. The Morgan fingerprint density at radius 1 is 1.16 bits per heavy atom. The van der Waals surface area contributed by atoms with E-state index in [1.165, 1.54) is 6.20 Å². The van der Waals surface area contributed by atoms with Crippen molar-refractivity contribution in [3.8, 4) is 6.07 Å². The lowest BCUT2D eigenvalue weighted by molar-refractivity contribution is 0.262. The van der Waals surface area contributed by atoms with Gasteiger partial charge in [-0.15, -0.1) is 0 Å². The van der Waals surface area contributed by atoms with Gasteiger partial charge in [0.25, 0.3) is 0 Å². The summed E-state index contributed by atoms with van der Waals surface area (Å²) in [5.41, 5.74) is 1.05. The van der Waals surface area contributed by atoms with Gasteiger partial charge in [-0.05, 0) is 36.4 Å². The first-order valence-corrected chi connectivity index (χ1v) is 5.75. The van der Waals surface area contributed by atoms with Crippen LogP contribution in [0.1, 0.15) is 5.56 Å². The number of hydrogen-bond acceptors (Lipinski definition) is 3. The van der Waals surface area contributed by atoms with E-state index in [1.54, 1.807) is 36.4 Å². The SMILES string of the molecule is N#Cc1ccc(NC(=O)Nc2ccc(Cl)cc2)nc1. The van der Waals surface area contributed by atoms with E-state index in [4.69, 9.17) is 16.9 Å². The van der Waals surface area contributed by atoms with Crippen molar-refractivity contribution in [1.82, 2.24) is 4.98 Å². The van der Waals surface area contributed by atoms with Crippen LogP contribution in [0.2, 0.25) is 5.02 Å². The molecule has 19 heavy (non-hydrogen) atoms. The molecule has 2 N–H and O–H groups in total. The number of aromatic nitrogens is 1. The minimum Gasteiger partial charge on any atom is -0.308 e. The maximum Gasteiger partial charge on any atom is 0.324 e. The van der Waals surface area contributed by atoms with Gasteiger partial charge in [-0.1, -0.05) is 11.6 Å². The van der Waals surface area contributed by atoms with Crippen LogP contribution in [0, 0.1) is 11.3 Å². The molecule has 0 aliphatic carbocycles. The van der Waals surface area contributed by atoms with Crippen molar-refractivity contribution in [3.05, 3.63) is 53.2 Å². The molecular weight excluding hydrogens is 264 g/mol. The molecule has 1 aromatic carbocycles. The number of amides is 2. The Bertz CT molecular complexity index is 617. The molecule has 0 aliphatic rings. The number of nitriles is 1. The molecule has 0 fully saturated rings. The molecule has 0 radical (unpaired) electrons. The zero-order valence-corrected chi connectivity index (χ0v) is 10.5. The number of urea groups is 1. The number of nitrogens with one attached hydrogen (secondary N) is 2. The quantitative estimate of drug-likeness (QED) is 0.881. The van der Waals surface area contributed by atoms with E-state index in [0.717, 1.165) is 0 Å². The zero-order chi connectivity index (χ0) is 13.7. The second-order valence-electron chi connectivity index (χ2n) is 3.63. The molecule has 6 heteroatoms. The first kappa shape index (κ1) is 12.9. The van der Waals surface area contributed by atoms with E-state index in [0.29, 0.717) is 22.1 Å². The molecule has 0 saturated carbocycles. The highest BCUT2D eigenvalue weighted by Gasteiger charge is 2.03. The van der Waals surface area contributed by atoms with Gasteiger partial charge >= 0.3 is 6.03 Å². The summed E-state index contributed by atoms with van der Waals surface area (Å²) in [6.45, 7) is 0. The van der Waals surface area contributed by atoms with Crippen LogP contribution in [-0.2, 0) is 0 Å². The largest absolute Gasteiger partial charge is 0.324 e. The third-order valence-electron chi connectivity index (χ3n) is 2.24. The minimum absolute atomic E-state index is 0.366. The van der Waals surface area contributed by atoms with Crippen molar-refractivity contribution in [1.29, 1.82) is 5.26 Å². The summed E-state index contributed by atoms with van der Waals surface area (Å²) >= 11 is 5.74. The van der Waals surface area contributed by atoms with Crippen molar-refractivity contribution in [2.75, 3.05) is 10.6 Å². The van der Waals surface area contributed by atoms with Gasteiger partial charge in [0, 0.05) is 16.9 Å². The summed E-state index contributed by atoms with van der Waals surface area (Å²) in [5.74, 6) is 0.366. The molecule has 1 aromatic heterocycles. The number of carbonyl (C=O) groups excluding carboxylic acids is 1. The van der Waals surface area contributed by atoms with Crippen molar-refractivity contribution in [3.63, 3.8) is 0 Å². The Labute approximate surface area is 114 Å². The highest BCUT2D eigenvalue weighted by Crippen LogP contribution is 2.13. The number of rotatable bonds is 2. The first-order chi connectivity index (χ1) is 9.17. The molecule has 0 aliphatic heterocycles. The zero-order valence-electron chi connectivity index (χ0n) is 9.72. The van der Waals surface area contributed by atoms with Gasteiger partial charge in [-0.25, -0.2) is 9.78 Å². The van der Waals surface area contributed by atoms with E-state index in [1.807, 2.05) is 6.07 Å². The average Bonchev–Trinajstić information content (AvgIpc) is 2.42. The summed E-state index contributed by atoms with van der Waals surface area (Å²) in [6, 6.07) is 11.4. The fourth-order valence-corrected chi connectivity index (χ4v) is 1.47. The third kappa shape index (κ3) is 3.69. The standard InChI is InChI=1S/C13H9ClN4O/c14-10-2-4-11(5-3-10)17-13(19)18-12-6-1-9(7-15)8-16-12/h1-6,8H,(H2,16,17,18,19). The van der Waals surface area contributed by atoms with Crippen LogP contribution < -0.4 is 10.6 Å². The van der Waals surface area contributed by atoms with Crippen molar-refractivity contribution < 1.29 is 4.79 Å². The van der Waals surface area contributed by atoms with E-state index in [-0.39, 0.29) is 0 Å². The van der Waals surface area contributed by atoms with Gasteiger partial charge in [0.2, 0.25) is 0 Å². The van der Waals surface area contributed by atoms with Gasteiger partial charge in [-0.2, -0.15) is 5.26 Å². The Balaban J connectivity index is 1.97. The molecule has 0 atom stereocenters. The molecule has 0 saturated heterocycles. The van der Waals surface area contributed by atoms with Crippen LogP contribution in [0.4, 0.5) is 16.3 Å². The predicted octanol–water partition coefficient (Wildman–Crippen LogP) is 3.25. The normalized spacial score (nSPS) is 9.47. The van der Waals surface area contributed by atoms with Gasteiger partial charge in [0.05, 0.1) is 5.56 Å². The lowest BCUT2D eigenvalue weighted by atomic mass is 10.3. The molecular formula is C13H9ClN4O. The molecule has 2 aromatic rings. The maximum absolute atomic E-state index is 11.7. The van der Waals surface area contributed by atoms with Crippen LogP contribution in [0.3, 0.4) is 0 Å².